The molecule has 0 spiro atoms. The summed E-state index contributed by atoms with van der Waals surface area (Å²) >= 11 is 0. The number of nitrogens with zero attached hydrogens (tertiary/aromatic N) is 2. The Morgan fingerprint density at radius 3 is 2.74 bits per heavy atom. The summed E-state index contributed by atoms with van der Waals surface area (Å²) in [6.45, 7) is 1.25. The fourth-order valence-corrected chi connectivity index (χ4v) is 2.22. The van der Waals surface area contributed by atoms with Gasteiger partial charge < -0.3 is 25.8 Å². The summed E-state index contributed by atoms with van der Waals surface area (Å²) in [4.78, 5) is 15.3. The standard InChI is InChI=1S/C11H17N3O5/c1-5(14-3-2-7(12)13-11(14)18)10-9(17)8(16)6(4-15)19-10/h2-3,5-6,8-10,15-17H,4H2,1H3,(H2,12,13,18)/t5?,6-,8?,9?,10?/m1/s1. The summed E-state index contributed by atoms with van der Waals surface area (Å²) in [5.74, 6) is 0.106. The van der Waals surface area contributed by atoms with Crippen molar-refractivity contribution in [2.45, 2.75) is 37.4 Å². The minimum absolute atomic E-state index is 0.106. The number of aliphatic hydroxyl groups excluding tert-OH is 3. The molecule has 2 heterocycles. The second kappa shape index (κ2) is 5.25. The lowest BCUT2D eigenvalue weighted by atomic mass is 10.0. The van der Waals surface area contributed by atoms with Crippen molar-refractivity contribution in [1.82, 2.24) is 9.55 Å². The molecule has 2 rings (SSSR count). The van der Waals surface area contributed by atoms with Crippen molar-refractivity contribution in [2.24, 2.45) is 0 Å². The Hall–Kier alpha value is -1.48. The number of hydrogen-bond acceptors (Lipinski definition) is 7. The number of nitrogen functional groups attached to an aromatic ring is 1. The molecule has 5 atom stereocenters. The van der Waals surface area contributed by atoms with Gasteiger partial charge in [0, 0.05) is 6.20 Å². The minimum Gasteiger partial charge on any atom is -0.394 e. The largest absolute Gasteiger partial charge is 0.394 e. The van der Waals surface area contributed by atoms with Crippen LogP contribution < -0.4 is 11.4 Å². The van der Waals surface area contributed by atoms with Crippen LogP contribution in [0.25, 0.3) is 0 Å². The average molecular weight is 271 g/mol. The van der Waals surface area contributed by atoms with Gasteiger partial charge in [-0.05, 0) is 13.0 Å². The van der Waals surface area contributed by atoms with Crippen LogP contribution in [0.15, 0.2) is 17.1 Å². The van der Waals surface area contributed by atoms with Gasteiger partial charge in [-0.1, -0.05) is 0 Å². The first-order chi connectivity index (χ1) is 8.95. The number of hydrogen-bond donors (Lipinski definition) is 4. The number of anilines is 1. The van der Waals surface area contributed by atoms with E-state index in [0.29, 0.717) is 0 Å². The van der Waals surface area contributed by atoms with Crippen molar-refractivity contribution in [3.63, 3.8) is 0 Å². The zero-order chi connectivity index (χ0) is 14.2. The van der Waals surface area contributed by atoms with Gasteiger partial charge in [-0.25, -0.2) is 4.79 Å². The molecule has 1 aliphatic heterocycles. The highest BCUT2D eigenvalue weighted by Gasteiger charge is 2.45. The zero-order valence-corrected chi connectivity index (χ0v) is 10.4. The third-order valence-corrected chi connectivity index (χ3v) is 3.35. The molecule has 0 bridgehead atoms. The first kappa shape index (κ1) is 13.9. The summed E-state index contributed by atoms with van der Waals surface area (Å²) in [7, 11) is 0. The number of ether oxygens (including phenoxy) is 1. The molecule has 1 aromatic rings. The van der Waals surface area contributed by atoms with Crippen molar-refractivity contribution in [1.29, 1.82) is 0 Å². The van der Waals surface area contributed by atoms with E-state index in [1.807, 2.05) is 0 Å². The molecular weight excluding hydrogens is 254 g/mol. The molecule has 1 fully saturated rings. The fourth-order valence-electron chi connectivity index (χ4n) is 2.22. The molecule has 0 aliphatic carbocycles. The van der Waals surface area contributed by atoms with Crippen LogP contribution in [0, 0.1) is 0 Å². The van der Waals surface area contributed by atoms with E-state index in [2.05, 4.69) is 4.98 Å². The summed E-state index contributed by atoms with van der Waals surface area (Å²) in [5.41, 5.74) is 4.83. The van der Waals surface area contributed by atoms with Crippen LogP contribution in [0.1, 0.15) is 13.0 Å². The van der Waals surface area contributed by atoms with Gasteiger partial charge >= 0.3 is 5.69 Å². The Bertz CT molecular complexity index is 505. The van der Waals surface area contributed by atoms with E-state index in [4.69, 9.17) is 15.6 Å². The topological polar surface area (TPSA) is 131 Å². The van der Waals surface area contributed by atoms with Crippen molar-refractivity contribution < 1.29 is 20.1 Å². The number of nitrogens with two attached hydrogens (primary N) is 1. The van der Waals surface area contributed by atoms with E-state index in [0.717, 1.165) is 0 Å². The highest BCUT2D eigenvalue weighted by molar-refractivity contribution is 5.23. The van der Waals surface area contributed by atoms with Gasteiger partial charge in [0.25, 0.3) is 0 Å². The second-order valence-corrected chi connectivity index (χ2v) is 4.59. The Morgan fingerprint density at radius 2 is 2.21 bits per heavy atom. The van der Waals surface area contributed by atoms with Gasteiger partial charge in [0.15, 0.2) is 0 Å². The lowest BCUT2D eigenvalue weighted by Gasteiger charge is -2.23. The highest BCUT2D eigenvalue weighted by Crippen LogP contribution is 2.28. The van der Waals surface area contributed by atoms with E-state index in [1.165, 1.54) is 16.8 Å². The molecule has 0 radical (unpaired) electrons. The summed E-state index contributed by atoms with van der Waals surface area (Å²) in [6.07, 6.45) is -2.59. The van der Waals surface area contributed by atoms with Crippen molar-refractivity contribution in [2.75, 3.05) is 12.3 Å². The Kier molecular flexibility index (Phi) is 3.85. The maximum absolute atomic E-state index is 11.7. The van der Waals surface area contributed by atoms with Gasteiger partial charge in [0.05, 0.1) is 12.6 Å². The minimum atomic E-state index is -1.19. The van der Waals surface area contributed by atoms with Crippen LogP contribution >= 0.6 is 0 Å². The molecule has 5 N–H and O–H groups in total. The van der Waals surface area contributed by atoms with E-state index in [1.54, 1.807) is 6.92 Å². The predicted molar refractivity (Wildman–Crippen MR) is 65.4 cm³/mol. The first-order valence-corrected chi connectivity index (χ1v) is 5.92. The second-order valence-electron chi connectivity index (χ2n) is 4.59. The van der Waals surface area contributed by atoms with Crippen LogP contribution in [-0.4, -0.2) is 55.9 Å². The van der Waals surface area contributed by atoms with Gasteiger partial charge in [-0.3, -0.25) is 4.57 Å². The van der Waals surface area contributed by atoms with Gasteiger partial charge in [0.1, 0.15) is 30.2 Å². The normalized spacial score (nSPS) is 32.4. The van der Waals surface area contributed by atoms with Crippen LogP contribution in [0.4, 0.5) is 5.82 Å². The van der Waals surface area contributed by atoms with Gasteiger partial charge in [-0.15, -0.1) is 0 Å². The van der Waals surface area contributed by atoms with Crippen LogP contribution in [0.5, 0.6) is 0 Å². The molecule has 106 valence electrons. The van der Waals surface area contributed by atoms with Crippen molar-refractivity contribution >= 4 is 5.82 Å². The van der Waals surface area contributed by atoms with E-state index in [9.17, 15) is 15.0 Å². The zero-order valence-electron chi connectivity index (χ0n) is 10.4. The van der Waals surface area contributed by atoms with Crippen molar-refractivity contribution in [3.8, 4) is 0 Å². The van der Waals surface area contributed by atoms with Gasteiger partial charge in [-0.2, -0.15) is 4.98 Å². The maximum atomic E-state index is 11.7. The number of rotatable bonds is 3. The summed E-state index contributed by atoms with van der Waals surface area (Å²) in [5, 5.41) is 28.6. The molecule has 0 amide bonds. The number of aliphatic hydroxyl groups is 3. The lowest BCUT2D eigenvalue weighted by Crippen LogP contribution is -2.39. The summed E-state index contributed by atoms with van der Waals surface area (Å²) in [6, 6.07) is 0.904. The lowest BCUT2D eigenvalue weighted by molar-refractivity contribution is -0.0378. The average Bonchev–Trinajstić information content (AvgIpc) is 2.65. The SMILES string of the molecule is CC(C1O[C@H](CO)C(O)C1O)n1ccc(N)nc1=O. The molecule has 0 saturated carbocycles. The molecule has 8 nitrogen and oxygen atoms in total. The van der Waals surface area contributed by atoms with Crippen LogP contribution in [0.2, 0.25) is 0 Å². The van der Waals surface area contributed by atoms with Crippen LogP contribution in [0.3, 0.4) is 0 Å². The first-order valence-electron chi connectivity index (χ1n) is 5.92. The third kappa shape index (κ3) is 2.47. The van der Waals surface area contributed by atoms with E-state index in [-0.39, 0.29) is 5.82 Å². The Morgan fingerprint density at radius 1 is 1.53 bits per heavy atom. The molecule has 1 saturated heterocycles. The Labute approximate surface area is 109 Å². The highest BCUT2D eigenvalue weighted by atomic mass is 16.6. The Balaban J connectivity index is 2.25. The van der Waals surface area contributed by atoms with E-state index >= 15 is 0 Å². The van der Waals surface area contributed by atoms with Crippen LogP contribution in [-0.2, 0) is 4.74 Å². The van der Waals surface area contributed by atoms with Gasteiger partial charge in [0.2, 0.25) is 0 Å². The molecular formula is C11H17N3O5. The summed E-state index contributed by atoms with van der Waals surface area (Å²) < 4.78 is 6.63. The smallest absolute Gasteiger partial charge is 0.349 e. The fraction of sp³-hybridized carbons (Fsp3) is 0.636. The maximum Gasteiger partial charge on any atom is 0.349 e. The quantitative estimate of drug-likeness (QED) is 0.493. The molecule has 1 aliphatic rings. The van der Waals surface area contributed by atoms with E-state index < -0.39 is 42.8 Å². The molecule has 1 aromatic heterocycles. The molecule has 0 aromatic carbocycles. The third-order valence-electron chi connectivity index (χ3n) is 3.35. The predicted octanol–water partition coefficient (Wildman–Crippen LogP) is -2.13. The molecule has 4 unspecified atom stereocenters. The molecule has 19 heavy (non-hydrogen) atoms. The van der Waals surface area contributed by atoms with Crippen molar-refractivity contribution in [3.05, 3.63) is 22.7 Å². The number of aromatic nitrogens is 2. The molecule has 8 heteroatoms. The monoisotopic (exact) mass is 271 g/mol.